The summed E-state index contributed by atoms with van der Waals surface area (Å²) in [5, 5.41) is 2.40. The van der Waals surface area contributed by atoms with Crippen LogP contribution < -0.4 is 5.32 Å². The van der Waals surface area contributed by atoms with Crippen molar-refractivity contribution in [3.63, 3.8) is 0 Å². The van der Waals surface area contributed by atoms with E-state index in [1.165, 1.54) is 36.0 Å². The second kappa shape index (κ2) is 8.43. The van der Waals surface area contributed by atoms with Gasteiger partial charge in [-0.25, -0.2) is 8.42 Å². The van der Waals surface area contributed by atoms with E-state index in [1.54, 1.807) is 18.7 Å². The molecular formula is C18H26N2O4S2. The zero-order chi connectivity index (χ0) is 19.5. The summed E-state index contributed by atoms with van der Waals surface area (Å²) in [5.41, 5.74) is 0.386. The SMILES string of the molecule is CC[C@@H](C)NC(=O)[C@@H]1CSCN1C(=O)c1ccc(S(=O)(=O)C(C)C)cc1. The zero-order valence-electron chi connectivity index (χ0n) is 15.6. The first-order chi connectivity index (χ1) is 12.2. The van der Waals surface area contributed by atoms with Crippen LogP contribution in [0.25, 0.3) is 0 Å². The lowest BCUT2D eigenvalue weighted by Crippen LogP contribution is -2.49. The highest BCUT2D eigenvalue weighted by Gasteiger charge is 2.35. The van der Waals surface area contributed by atoms with E-state index in [0.29, 0.717) is 17.2 Å². The largest absolute Gasteiger partial charge is 0.352 e. The number of hydrogen-bond donors (Lipinski definition) is 1. The van der Waals surface area contributed by atoms with Crippen LogP contribution >= 0.6 is 11.8 Å². The molecule has 1 aliphatic heterocycles. The van der Waals surface area contributed by atoms with Crippen molar-refractivity contribution in [1.82, 2.24) is 10.2 Å². The van der Waals surface area contributed by atoms with Crippen LogP contribution in [0.4, 0.5) is 0 Å². The molecule has 0 saturated carbocycles. The van der Waals surface area contributed by atoms with Gasteiger partial charge in [0, 0.05) is 17.4 Å². The van der Waals surface area contributed by atoms with Gasteiger partial charge in [0.05, 0.1) is 16.0 Å². The molecule has 1 aromatic rings. The van der Waals surface area contributed by atoms with Gasteiger partial charge < -0.3 is 10.2 Å². The number of nitrogens with one attached hydrogen (secondary N) is 1. The quantitative estimate of drug-likeness (QED) is 0.795. The first-order valence-corrected chi connectivity index (χ1v) is 11.4. The van der Waals surface area contributed by atoms with Gasteiger partial charge in [0.2, 0.25) is 5.91 Å². The number of sulfone groups is 1. The Morgan fingerprint density at radius 3 is 2.38 bits per heavy atom. The molecule has 1 saturated heterocycles. The monoisotopic (exact) mass is 398 g/mol. The third kappa shape index (κ3) is 4.40. The van der Waals surface area contributed by atoms with Crippen LogP contribution in [0.15, 0.2) is 29.2 Å². The van der Waals surface area contributed by atoms with Crippen molar-refractivity contribution in [2.75, 3.05) is 11.6 Å². The number of thioether (sulfide) groups is 1. The molecule has 0 bridgehead atoms. The van der Waals surface area contributed by atoms with Crippen molar-refractivity contribution in [3.8, 4) is 0 Å². The van der Waals surface area contributed by atoms with E-state index in [1.807, 2.05) is 13.8 Å². The molecule has 1 aliphatic rings. The lowest BCUT2D eigenvalue weighted by Gasteiger charge is -2.24. The zero-order valence-corrected chi connectivity index (χ0v) is 17.2. The fourth-order valence-corrected chi connectivity index (χ4v) is 4.74. The molecule has 2 rings (SSSR count). The van der Waals surface area contributed by atoms with Crippen LogP contribution in [0, 0.1) is 0 Å². The predicted octanol–water partition coefficient (Wildman–Crippen LogP) is 2.30. The summed E-state index contributed by atoms with van der Waals surface area (Å²) in [6.45, 7) is 7.16. The summed E-state index contributed by atoms with van der Waals surface area (Å²) in [5.74, 6) is 0.613. The average molecular weight is 399 g/mol. The van der Waals surface area contributed by atoms with Crippen molar-refractivity contribution < 1.29 is 18.0 Å². The second-order valence-corrected chi connectivity index (χ2v) is 10.2. The molecule has 0 spiro atoms. The van der Waals surface area contributed by atoms with Gasteiger partial charge in [0.15, 0.2) is 9.84 Å². The van der Waals surface area contributed by atoms with E-state index in [4.69, 9.17) is 0 Å². The maximum atomic E-state index is 12.8. The fourth-order valence-electron chi connectivity index (χ4n) is 2.53. The maximum Gasteiger partial charge on any atom is 0.255 e. The lowest BCUT2D eigenvalue weighted by molar-refractivity contribution is -0.125. The molecule has 2 atom stereocenters. The molecule has 8 heteroatoms. The number of carbonyl (C=O) groups is 2. The van der Waals surface area contributed by atoms with Crippen LogP contribution in [-0.2, 0) is 14.6 Å². The number of rotatable bonds is 6. The van der Waals surface area contributed by atoms with Gasteiger partial charge in [-0.1, -0.05) is 6.92 Å². The molecular weight excluding hydrogens is 372 g/mol. The molecule has 144 valence electrons. The second-order valence-electron chi connectivity index (χ2n) is 6.73. The van der Waals surface area contributed by atoms with E-state index < -0.39 is 21.1 Å². The summed E-state index contributed by atoms with van der Waals surface area (Å²) >= 11 is 1.54. The van der Waals surface area contributed by atoms with E-state index in [0.717, 1.165) is 6.42 Å². The Hall–Kier alpha value is -1.54. The molecule has 0 radical (unpaired) electrons. The van der Waals surface area contributed by atoms with Crippen LogP contribution in [0.2, 0.25) is 0 Å². The van der Waals surface area contributed by atoms with Gasteiger partial charge in [-0.05, 0) is 51.5 Å². The molecule has 2 amide bonds. The highest BCUT2D eigenvalue weighted by molar-refractivity contribution is 7.99. The third-order valence-electron chi connectivity index (χ3n) is 4.50. The van der Waals surface area contributed by atoms with Crippen LogP contribution in [0.3, 0.4) is 0 Å². The molecule has 1 heterocycles. The number of carbonyl (C=O) groups excluding carboxylic acids is 2. The van der Waals surface area contributed by atoms with Gasteiger partial charge in [-0.15, -0.1) is 11.8 Å². The molecule has 0 aliphatic carbocycles. The molecule has 26 heavy (non-hydrogen) atoms. The van der Waals surface area contributed by atoms with Crippen molar-refractivity contribution in [2.45, 2.75) is 56.3 Å². The van der Waals surface area contributed by atoms with E-state index >= 15 is 0 Å². The van der Waals surface area contributed by atoms with Crippen LogP contribution in [0.5, 0.6) is 0 Å². The highest BCUT2D eigenvalue weighted by Crippen LogP contribution is 2.24. The first kappa shape index (κ1) is 20.8. The summed E-state index contributed by atoms with van der Waals surface area (Å²) in [7, 11) is -3.37. The minimum atomic E-state index is -3.37. The Bertz CT molecular complexity index is 760. The maximum absolute atomic E-state index is 12.8. The molecule has 0 unspecified atom stereocenters. The first-order valence-electron chi connectivity index (χ1n) is 8.71. The molecule has 6 nitrogen and oxygen atoms in total. The summed E-state index contributed by atoms with van der Waals surface area (Å²) in [6.07, 6.45) is 0.825. The minimum absolute atomic E-state index is 0.0607. The summed E-state index contributed by atoms with van der Waals surface area (Å²) < 4.78 is 24.4. The summed E-state index contributed by atoms with van der Waals surface area (Å²) in [6, 6.07) is 5.51. The third-order valence-corrected chi connectivity index (χ3v) is 7.68. The smallest absolute Gasteiger partial charge is 0.255 e. The van der Waals surface area contributed by atoms with Crippen LogP contribution in [0.1, 0.15) is 44.5 Å². The number of amides is 2. The van der Waals surface area contributed by atoms with Gasteiger partial charge >= 0.3 is 0 Å². The standard InChI is InChI=1S/C18H26N2O4S2/c1-5-13(4)19-17(21)16-10-25-11-20(16)18(22)14-6-8-15(9-7-14)26(23,24)12(2)3/h6-9,12-13,16H,5,10-11H2,1-4H3,(H,19,21)/t13-,16+/m1/s1. The van der Waals surface area contributed by atoms with E-state index in [-0.39, 0.29) is 22.8 Å². The van der Waals surface area contributed by atoms with Crippen molar-refractivity contribution in [1.29, 1.82) is 0 Å². The Morgan fingerprint density at radius 2 is 1.85 bits per heavy atom. The number of hydrogen-bond acceptors (Lipinski definition) is 5. The van der Waals surface area contributed by atoms with Gasteiger partial charge in [0.1, 0.15) is 6.04 Å². The normalized spacial score (nSPS) is 18.8. The van der Waals surface area contributed by atoms with Crippen molar-refractivity contribution in [3.05, 3.63) is 29.8 Å². The van der Waals surface area contributed by atoms with Crippen molar-refractivity contribution in [2.24, 2.45) is 0 Å². The van der Waals surface area contributed by atoms with Crippen LogP contribution in [-0.4, -0.2) is 54.1 Å². The van der Waals surface area contributed by atoms with Gasteiger partial charge in [-0.3, -0.25) is 9.59 Å². The summed E-state index contributed by atoms with van der Waals surface area (Å²) in [4.78, 5) is 27.0. The Kier molecular flexibility index (Phi) is 6.74. The minimum Gasteiger partial charge on any atom is -0.352 e. The number of nitrogens with zero attached hydrogens (tertiary/aromatic N) is 1. The highest BCUT2D eigenvalue weighted by atomic mass is 32.2. The van der Waals surface area contributed by atoms with E-state index in [9.17, 15) is 18.0 Å². The van der Waals surface area contributed by atoms with Crippen molar-refractivity contribution >= 4 is 33.4 Å². The van der Waals surface area contributed by atoms with Gasteiger partial charge in [0.25, 0.3) is 5.91 Å². The Labute approximate surface area is 159 Å². The van der Waals surface area contributed by atoms with E-state index in [2.05, 4.69) is 5.32 Å². The molecule has 1 N–H and O–H groups in total. The number of benzene rings is 1. The lowest BCUT2D eigenvalue weighted by atomic mass is 10.1. The van der Waals surface area contributed by atoms with Gasteiger partial charge in [-0.2, -0.15) is 0 Å². The molecule has 1 fully saturated rings. The Balaban J connectivity index is 2.16. The molecule has 0 aromatic heterocycles. The fraction of sp³-hybridized carbons (Fsp3) is 0.556. The predicted molar refractivity (Wildman–Crippen MR) is 104 cm³/mol. The Morgan fingerprint density at radius 1 is 1.23 bits per heavy atom. The topological polar surface area (TPSA) is 83.6 Å². The molecule has 1 aromatic carbocycles. The average Bonchev–Trinajstić information content (AvgIpc) is 3.10.